The maximum atomic E-state index is 12.9. The van der Waals surface area contributed by atoms with Crippen LogP contribution < -0.4 is 0 Å². The Morgan fingerprint density at radius 1 is 1.52 bits per heavy atom. The van der Waals surface area contributed by atoms with E-state index in [1.165, 1.54) is 0 Å². The fourth-order valence-corrected chi connectivity index (χ4v) is 3.09. The Hall–Kier alpha value is -2.08. The van der Waals surface area contributed by atoms with E-state index in [9.17, 15) is 4.79 Å². The molecule has 0 saturated carbocycles. The molecule has 1 aliphatic heterocycles. The molecule has 6 heteroatoms. The number of aromatic nitrogens is 2. The van der Waals surface area contributed by atoms with Crippen LogP contribution >= 0.6 is 0 Å². The lowest BCUT2D eigenvalue weighted by molar-refractivity contribution is -0.145. The number of hydrogen-bond acceptors (Lipinski definition) is 4. The summed E-state index contributed by atoms with van der Waals surface area (Å²) in [7, 11) is 3.69. The first kappa shape index (κ1) is 15.8. The highest BCUT2D eigenvalue weighted by Gasteiger charge is 2.35. The number of carbonyl (C=O) groups excluding carboxylic acids is 1. The summed E-state index contributed by atoms with van der Waals surface area (Å²) in [5.41, 5.74) is 2.03. The van der Waals surface area contributed by atoms with Crippen molar-refractivity contribution in [2.45, 2.75) is 32.4 Å². The Kier molecular flexibility index (Phi) is 4.52. The molecule has 0 bridgehead atoms. The molecule has 0 N–H and O–H groups in total. The summed E-state index contributed by atoms with van der Waals surface area (Å²) in [6.07, 6.45) is 6.89. The summed E-state index contributed by atoms with van der Waals surface area (Å²) < 4.78 is 13.1. The Morgan fingerprint density at radius 2 is 2.35 bits per heavy atom. The van der Waals surface area contributed by atoms with Gasteiger partial charge in [0.25, 0.3) is 0 Å². The van der Waals surface area contributed by atoms with Crippen LogP contribution in [-0.4, -0.2) is 34.2 Å². The molecule has 3 rings (SSSR count). The van der Waals surface area contributed by atoms with Crippen molar-refractivity contribution in [1.29, 1.82) is 0 Å². The quantitative estimate of drug-likeness (QED) is 0.869. The van der Waals surface area contributed by atoms with Crippen molar-refractivity contribution in [1.82, 2.24) is 14.7 Å². The van der Waals surface area contributed by atoms with Gasteiger partial charge in [0.15, 0.2) is 0 Å². The minimum absolute atomic E-state index is 0.0920. The molecule has 6 nitrogen and oxygen atoms in total. The second-order valence-electron chi connectivity index (χ2n) is 6.21. The van der Waals surface area contributed by atoms with Gasteiger partial charge in [-0.3, -0.25) is 9.48 Å². The summed E-state index contributed by atoms with van der Waals surface area (Å²) >= 11 is 0. The maximum Gasteiger partial charge on any atom is 0.228 e. The van der Waals surface area contributed by atoms with Crippen LogP contribution in [0.1, 0.15) is 35.8 Å². The molecule has 1 saturated heterocycles. The molecular formula is C17H23N3O3. The van der Waals surface area contributed by atoms with E-state index in [2.05, 4.69) is 5.10 Å². The van der Waals surface area contributed by atoms with Crippen LogP contribution in [0.3, 0.4) is 0 Å². The number of hydrogen-bond donors (Lipinski definition) is 0. The van der Waals surface area contributed by atoms with Crippen LogP contribution in [0.25, 0.3) is 0 Å². The van der Waals surface area contributed by atoms with E-state index in [0.29, 0.717) is 13.2 Å². The first-order chi connectivity index (χ1) is 11.1. The third-order valence-electron chi connectivity index (χ3n) is 4.42. The average Bonchev–Trinajstić information content (AvgIpc) is 3.15. The maximum absolute atomic E-state index is 12.9. The smallest absolute Gasteiger partial charge is 0.228 e. The highest BCUT2D eigenvalue weighted by Crippen LogP contribution is 2.34. The van der Waals surface area contributed by atoms with Gasteiger partial charge in [0.2, 0.25) is 5.91 Å². The normalized spacial score (nSPS) is 21.3. The Balaban J connectivity index is 1.74. The minimum atomic E-state index is -0.218. The highest BCUT2D eigenvalue weighted by atomic mass is 16.5. The van der Waals surface area contributed by atoms with Gasteiger partial charge in [0.05, 0.1) is 31.0 Å². The molecule has 0 radical (unpaired) electrons. The first-order valence-corrected chi connectivity index (χ1v) is 7.94. The molecule has 2 atom stereocenters. The van der Waals surface area contributed by atoms with Crippen molar-refractivity contribution in [3.63, 3.8) is 0 Å². The molecule has 0 aromatic carbocycles. The third kappa shape index (κ3) is 3.32. The number of ether oxygens (including phenoxy) is 1. The van der Waals surface area contributed by atoms with Crippen LogP contribution in [0.2, 0.25) is 0 Å². The van der Waals surface area contributed by atoms with Gasteiger partial charge < -0.3 is 14.1 Å². The predicted octanol–water partition coefficient (Wildman–Crippen LogP) is 2.45. The fraction of sp³-hybridized carbons (Fsp3) is 0.529. The van der Waals surface area contributed by atoms with Crippen LogP contribution in [0, 0.1) is 12.8 Å². The second kappa shape index (κ2) is 6.58. The molecule has 0 spiro atoms. The van der Waals surface area contributed by atoms with Crippen LogP contribution in [0.5, 0.6) is 0 Å². The van der Waals surface area contributed by atoms with Gasteiger partial charge in [0, 0.05) is 32.5 Å². The van der Waals surface area contributed by atoms with E-state index in [1.54, 1.807) is 22.0 Å². The average molecular weight is 317 g/mol. The lowest BCUT2D eigenvalue weighted by Crippen LogP contribution is -2.38. The molecular weight excluding hydrogens is 294 g/mol. The first-order valence-electron chi connectivity index (χ1n) is 7.94. The number of amides is 1. The van der Waals surface area contributed by atoms with Crippen molar-refractivity contribution in [2.75, 3.05) is 13.7 Å². The molecule has 1 amide bonds. The van der Waals surface area contributed by atoms with E-state index in [4.69, 9.17) is 9.15 Å². The molecule has 2 aromatic rings. The van der Waals surface area contributed by atoms with E-state index in [1.807, 2.05) is 33.3 Å². The van der Waals surface area contributed by atoms with Crippen molar-refractivity contribution < 1.29 is 13.9 Å². The monoisotopic (exact) mass is 317 g/mol. The molecule has 3 heterocycles. The Bertz CT molecular complexity index is 676. The molecule has 0 unspecified atom stereocenters. The highest BCUT2D eigenvalue weighted by molar-refractivity contribution is 5.79. The molecule has 1 aliphatic rings. The van der Waals surface area contributed by atoms with Gasteiger partial charge in [-0.05, 0) is 31.4 Å². The van der Waals surface area contributed by atoms with Gasteiger partial charge in [-0.1, -0.05) is 0 Å². The van der Waals surface area contributed by atoms with E-state index < -0.39 is 0 Å². The predicted molar refractivity (Wildman–Crippen MR) is 84.5 cm³/mol. The largest absolute Gasteiger partial charge is 0.467 e. The topological polar surface area (TPSA) is 60.5 Å². The van der Waals surface area contributed by atoms with Gasteiger partial charge in [0.1, 0.15) is 5.76 Å². The van der Waals surface area contributed by atoms with Gasteiger partial charge in [-0.15, -0.1) is 0 Å². The van der Waals surface area contributed by atoms with Crippen molar-refractivity contribution in [2.24, 2.45) is 13.0 Å². The van der Waals surface area contributed by atoms with Crippen LogP contribution in [0.4, 0.5) is 0 Å². The van der Waals surface area contributed by atoms with Crippen molar-refractivity contribution in [3.8, 4) is 0 Å². The van der Waals surface area contributed by atoms with Crippen molar-refractivity contribution >= 4 is 5.91 Å². The summed E-state index contributed by atoms with van der Waals surface area (Å²) in [5.74, 6) is 0.748. The van der Waals surface area contributed by atoms with Crippen LogP contribution in [-0.2, 0) is 23.1 Å². The molecule has 2 aromatic heterocycles. The van der Waals surface area contributed by atoms with Crippen molar-refractivity contribution in [3.05, 3.63) is 41.6 Å². The third-order valence-corrected chi connectivity index (χ3v) is 4.42. The zero-order chi connectivity index (χ0) is 16.4. The van der Waals surface area contributed by atoms with E-state index >= 15 is 0 Å². The number of nitrogens with zero attached hydrogens (tertiary/aromatic N) is 3. The number of rotatable bonds is 4. The van der Waals surface area contributed by atoms with Gasteiger partial charge in [-0.2, -0.15) is 5.10 Å². The standard InChI is InChI=1S/C17H23N3O3/c1-12-6-8-22-15(12)11-19(2)17(21)14-5-4-7-23-16(14)13-9-18-20(3)10-13/h6,8-10,14,16H,4-5,7,11H2,1-3H3/t14-,16+/m1/s1. The summed E-state index contributed by atoms with van der Waals surface area (Å²) in [6.45, 7) is 3.15. The number of aryl methyl sites for hydroxylation is 2. The molecule has 1 fully saturated rings. The Morgan fingerprint density at radius 3 is 3.00 bits per heavy atom. The summed E-state index contributed by atoms with van der Waals surface area (Å²) in [6, 6.07) is 1.91. The minimum Gasteiger partial charge on any atom is -0.467 e. The van der Waals surface area contributed by atoms with Gasteiger partial charge >= 0.3 is 0 Å². The van der Waals surface area contributed by atoms with E-state index in [-0.39, 0.29) is 17.9 Å². The second-order valence-corrected chi connectivity index (χ2v) is 6.21. The lowest BCUT2D eigenvalue weighted by atomic mass is 9.89. The van der Waals surface area contributed by atoms with Crippen LogP contribution in [0.15, 0.2) is 29.1 Å². The van der Waals surface area contributed by atoms with E-state index in [0.717, 1.165) is 29.7 Å². The number of furan rings is 1. The summed E-state index contributed by atoms with van der Waals surface area (Å²) in [4.78, 5) is 14.6. The van der Waals surface area contributed by atoms with Gasteiger partial charge in [-0.25, -0.2) is 0 Å². The summed E-state index contributed by atoms with van der Waals surface area (Å²) in [5, 5.41) is 4.20. The zero-order valence-electron chi connectivity index (χ0n) is 13.9. The molecule has 23 heavy (non-hydrogen) atoms. The zero-order valence-corrected chi connectivity index (χ0v) is 13.9. The molecule has 124 valence electrons. The fourth-order valence-electron chi connectivity index (χ4n) is 3.09. The number of carbonyl (C=O) groups is 1. The Labute approximate surface area is 136 Å². The SMILES string of the molecule is Cc1ccoc1CN(C)C(=O)[C@@H]1CCCO[C@H]1c1cnn(C)c1. The molecule has 0 aliphatic carbocycles. The lowest BCUT2D eigenvalue weighted by Gasteiger charge is -2.32.